The number of ether oxygens (including phenoxy) is 3. The van der Waals surface area contributed by atoms with Crippen LogP contribution in [0.5, 0.6) is 11.5 Å². The number of amides is 2. The fourth-order valence-electron chi connectivity index (χ4n) is 4.95. The Kier molecular flexibility index (Phi) is 4.85. The van der Waals surface area contributed by atoms with Crippen LogP contribution >= 0.6 is 0 Å². The zero-order chi connectivity index (χ0) is 21.6. The lowest BCUT2D eigenvalue weighted by Gasteiger charge is -2.45. The Morgan fingerprint density at radius 2 is 1.97 bits per heavy atom. The number of methoxy groups -OCH3 is 1. The second-order valence-corrected chi connectivity index (χ2v) is 8.30. The average molecular weight is 422 g/mol. The normalized spacial score (nSPS) is 19.5. The van der Waals surface area contributed by atoms with E-state index in [9.17, 15) is 9.59 Å². The summed E-state index contributed by atoms with van der Waals surface area (Å²) in [5.74, 6) is 1.31. The van der Waals surface area contributed by atoms with Gasteiger partial charge in [0.15, 0.2) is 6.61 Å². The molecule has 0 unspecified atom stereocenters. The molecule has 0 aromatic heterocycles. The van der Waals surface area contributed by atoms with E-state index in [4.69, 9.17) is 14.2 Å². The monoisotopic (exact) mass is 422 g/mol. The smallest absolute Gasteiger partial charge is 0.264 e. The molecule has 3 aliphatic heterocycles. The first kappa shape index (κ1) is 19.9. The molecule has 1 fully saturated rings. The highest BCUT2D eigenvalue weighted by Crippen LogP contribution is 2.46. The molecule has 0 atom stereocenters. The molecule has 2 amide bonds. The van der Waals surface area contributed by atoms with Crippen LogP contribution in [0, 0.1) is 0 Å². The van der Waals surface area contributed by atoms with E-state index in [0.717, 1.165) is 30.6 Å². The van der Waals surface area contributed by atoms with Crippen molar-refractivity contribution >= 4 is 17.5 Å². The molecule has 162 valence electrons. The van der Waals surface area contributed by atoms with Crippen molar-refractivity contribution in [2.24, 2.45) is 0 Å². The van der Waals surface area contributed by atoms with E-state index >= 15 is 0 Å². The number of carbonyl (C=O) groups is 2. The molecule has 1 spiro atoms. The first-order valence-corrected chi connectivity index (χ1v) is 10.7. The van der Waals surface area contributed by atoms with E-state index in [1.807, 2.05) is 17.0 Å². The Balaban J connectivity index is 1.37. The average Bonchev–Trinajstić information content (AvgIpc) is 2.81. The Hall–Kier alpha value is -3.06. The van der Waals surface area contributed by atoms with Gasteiger partial charge < -0.3 is 24.0 Å². The maximum Gasteiger partial charge on any atom is 0.264 e. The first-order valence-electron chi connectivity index (χ1n) is 10.7. The van der Waals surface area contributed by atoms with Crippen LogP contribution in [0.1, 0.15) is 34.3 Å². The van der Waals surface area contributed by atoms with Gasteiger partial charge in [-0.15, -0.1) is 0 Å². The lowest BCUT2D eigenvalue weighted by Crippen LogP contribution is -2.48. The summed E-state index contributed by atoms with van der Waals surface area (Å²) in [6.45, 7) is 1.90. The van der Waals surface area contributed by atoms with Crippen LogP contribution in [0.2, 0.25) is 0 Å². The van der Waals surface area contributed by atoms with Crippen LogP contribution in [0.15, 0.2) is 36.4 Å². The van der Waals surface area contributed by atoms with Crippen molar-refractivity contribution in [3.63, 3.8) is 0 Å². The molecule has 1 saturated heterocycles. The van der Waals surface area contributed by atoms with E-state index in [2.05, 4.69) is 6.07 Å². The molecule has 0 saturated carbocycles. The summed E-state index contributed by atoms with van der Waals surface area (Å²) < 4.78 is 17.5. The standard InChI is InChI=1S/C24H26N2O5/c1-25-18-14-17(6-7-19(18)30-15-21(25)27)23(28)26-11-9-24(10-12-26)22-16(8-13-31-24)4-3-5-20(22)29-2/h3-7,14H,8-13,15H2,1-2H3. The quantitative estimate of drug-likeness (QED) is 0.745. The number of likely N-dealkylation sites (N-methyl/N-ethyl adjacent to an activating group) is 1. The van der Waals surface area contributed by atoms with Gasteiger partial charge >= 0.3 is 0 Å². The number of fused-ring (bicyclic) bond motifs is 3. The third-order valence-electron chi connectivity index (χ3n) is 6.69. The number of benzene rings is 2. The van der Waals surface area contributed by atoms with E-state index in [1.165, 1.54) is 5.56 Å². The van der Waals surface area contributed by atoms with Gasteiger partial charge in [-0.1, -0.05) is 12.1 Å². The van der Waals surface area contributed by atoms with E-state index < -0.39 is 5.60 Å². The third kappa shape index (κ3) is 3.24. The molecular formula is C24H26N2O5. The molecule has 0 aliphatic carbocycles. The topological polar surface area (TPSA) is 68.3 Å². The highest BCUT2D eigenvalue weighted by molar-refractivity contribution is 6.01. The number of carbonyl (C=O) groups excluding carboxylic acids is 2. The van der Waals surface area contributed by atoms with Gasteiger partial charge in [0, 0.05) is 31.3 Å². The predicted molar refractivity (Wildman–Crippen MR) is 115 cm³/mol. The Bertz CT molecular complexity index is 1030. The summed E-state index contributed by atoms with van der Waals surface area (Å²) in [5.41, 5.74) is 3.19. The van der Waals surface area contributed by atoms with Crippen molar-refractivity contribution in [2.45, 2.75) is 24.9 Å². The van der Waals surface area contributed by atoms with Gasteiger partial charge in [0.05, 0.1) is 19.4 Å². The maximum atomic E-state index is 13.2. The Morgan fingerprint density at radius 3 is 2.74 bits per heavy atom. The summed E-state index contributed by atoms with van der Waals surface area (Å²) in [6.07, 6.45) is 2.32. The molecule has 3 aliphatic rings. The number of hydrogen-bond donors (Lipinski definition) is 0. The van der Waals surface area contributed by atoms with Crippen LogP contribution in [-0.2, 0) is 21.6 Å². The summed E-state index contributed by atoms with van der Waals surface area (Å²) in [5, 5.41) is 0. The molecule has 0 radical (unpaired) electrons. The minimum atomic E-state index is -0.409. The maximum absolute atomic E-state index is 13.2. The van der Waals surface area contributed by atoms with Crippen LogP contribution in [-0.4, -0.2) is 57.2 Å². The highest BCUT2D eigenvalue weighted by Gasteiger charge is 2.43. The van der Waals surface area contributed by atoms with Gasteiger partial charge in [-0.25, -0.2) is 0 Å². The van der Waals surface area contributed by atoms with Crippen molar-refractivity contribution in [1.29, 1.82) is 0 Å². The fourth-order valence-corrected chi connectivity index (χ4v) is 4.95. The number of nitrogens with zero attached hydrogens (tertiary/aromatic N) is 2. The molecule has 5 rings (SSSR count). The van der Waals surface area contributed by atoms with Gasteiger partial charge in [-0.3, -0.25) is 9.59 Å². The summed E-state index contributed by atoms with van der Waals surface area (Å²) in [7, 11) is 3.39. The molecule has 2 aromatic carbocycles. The number of hydrogen-bond acceptors (Lipinski definition) is 5. The molecule has 0 N–H and O–H groups in total. The minimum Gasteiger partial charge on any atom is -0.496 e. The van der Waals surface area contributed by atoms with Crippen molar-refractivity contribution in [2.75, 3.05) is 45.4 Å². The summed E-state index contributed by atoms with van der Waals surface area (Å²) >= 11 is 0. The number of rotatable bonds is 2. The van der Waals surface area contributed by atoms with E-state index in [-0.39, 0.29) is 18.4 Å². The van der Waals surface area contributed by atoms with Crippen LogP contribution in [0.25, 0.3) is 0 Å². The molecule has 7 heteroatoms. The van der Waals surface area contributed by atoms with Crippen molar-refractivity contribution in [3.8, 4) is 11.5 Å². The van der Waals surface area contributed by atoms with Crippen molar-refractivity contribution in [1.82, 2.24) is 4.90 Å². The van der Waals surface area contributed by atoms with Crippen molar-refractivity contribution in [3.05, 3.63) is 53.1 Å². The lowest BCUT2D eigenvalue weighted by atomic mass is 9.78. The van der Waals surface area contributed by atoms with Crippen LogP contribution in [0.3, 0.4) is 0 Å². The lowest BCUT2D eigenvalue weighted by molar-refractivity contribution is -0.121. The Morgan fingerprint density at radius 1 is 1.16 bits per heavy atom. The summed E-state index contributed by atoms with van der Waals surface area (Å²) in [4.78, 5) is 28.6. The van der Waals surface area contributed by atoms with Gasteiger partial charge in [-0.2, -0.15) is 0 Å². The number of anilines is 1. The van der Waals surface area contributed by atoms with Gasteiger partial charge in [0.25, 0.3) is 11.8 Å². The number of likely N-dealkylation sites (tertiary alicyclic amines) is 1. The second-order valence-electron chi connectivity index (χ2n) is 8.30. The molecule has 3 heterocycles. The Labute approximate surface area is 181 Å². The third-order valence-corrected chi connectivity index (χ3v) is 6.69. The molecule has 2 aromatic rings. The molecule has 31 heavy (non-hydrogen) atoms. The van der Waals surface area contributed by atoms with Gasteiger partial charge in [-0.05, 0) is 49.1 Å². The van der Waals surface area contributed by atoms with Crippen LogP contribution < -0.4 is 14.4 Å². The second kappa shape index (κ2) is 7.57. The van der Waals surface area contributed by atoms with Crippen LogP contribution in [0.4, 0.5) is 5.69 Å². The van der Waals surface area contributed by atoms with Gasteiger partial charge in [0.2, 0.25) is 0 Å². The zero-order valence-corrected chi connectivity index (χ0v) is 17.8. The van der Waals surface area contributed by atoms with Crippen molar-refractivity contribution < 1.29 is 23.8 Å². The zero-order valence-electron chi connectivity index (χ0n) is 17.8. The van der Waals surface area contributed by atoms with E-state index in [0.29, 0.717) is 36.7 Å². The first-order chi connectivity index (χ1) is 15.0. The molecule has 0 bridgehead atoms. The predicted octanol–water partition coefficient (Wildman–Crippen LogP) is 2.75. The molecular weight excluding hydrogens is 396 g/mol. The van der Waals surface area contributed by atoms with Gasteiger partial charge in [0.1, 0.15) is 17.1 Å². The largest absolute Gasteiger partial charge is 0.496 e. The SMILES string of the molecule is COc1cccc2c1C1(CCN(C(=O)c3ccc4c(c3)N(C)C(=O)CO4)CC1)OCC2. The highest BCUT2D eigenvalue weighted by atomic mass is 16.5. The number of piperidine rings is 1. The molecule has 7 nitrogen and oxygen atoms in total. The fraction of sp³-hybridized carbons (Fsp3) is 0.417. The van der Waals surface area contributed by atoms with E-state index in [1.54, 1.807) is 37.3 Å². The minimum absolute atomic E-state index is 0.0237. The summed E-state index contributed by atoms with van der Waals surface area (Å²) in [6, 6.07) is 11.4.